The lowest BCUT2D eigenvalue weighted by Gasteiger charge is -2.13. The van der Waals surface area contributed by atoms with Crippen molar-refractivity contribution in [3.63, 3.8) is 0 Å². The quantitative estimate of drug-likeness (QED) is 0.631. The van der Waals surface area contributed by atoms with Crippen LogP contribution in [0.4, 0.5) is 24.5 Å². The molecule has 0 aliphatic rings. The average molecular weight is 371 g/mol. The molecule has 0 saturated heterocycles. The maximum atomic E-state index is 12.6. The highest BCUT2D eigenvalue weighted by Gasteiger charge is 2.46. The third-order valence-corrected chi connectivity index (χ3v) is 4.14. The molecule has 0 bridgehead atoms. The number of guanidine groups is 1. The van der Waals surface area contributed by atoms with Crippen molar-refractivity contribution in [3.8, 4) is 0 Å². The van der Waals surface area contributed by atoms with E-state index in [1.165, 1.54) is 0 Å². The van der Waals surface area contributed by atoms with Crippen LogP contribution in [0.3, 0.4) is 0 Å². The number of nitrogens with zero attached hydrogens (tertiary/aromatic N) is 1. The van der Waals surface area contributed by atoms with Gasteiger partial charge in [-0.2, -0.15) is 21.6 Å². The van der Waals surface area contributed by atoms with Crippen LogP contribution in [-0.2, 0) is 10.0 Å². The van der Waals surface area contributed by atoms with Crippen LogP contribution in [0.15, 0.2) is 52.9 Å². The average Bonchev–Trinajstić information content (AvgIpc) is 2.50. The summed E-state index contributed by atoms with van der Waals surface area (Å²) in [6.07, 6.45) is 0. The molecule has 134 valence electrons. The van der Waals surface area contributed by atoms with Gasteiger partial charge in [-0.05, 0) is 38.1 Å². The number of sulfonamides is 1. The van der Waals surface area contributed by atoms with E-state index in [2.05, 4.69) is 15.0 Å². The van der Waals surface area contributed by atoms with Gasteiger partial charge in [0.1, 0.15) is 0 Å². The number of rotatable bonds is 3. The second kappa shape index (κ2) is 7.14. The molecule has 0 aromatic heterocycles. The Hall–Kier alpha value is -2.55. The van der Waals surface area contributed by atoms with Crippen molar-refractivity contribution in [2.45, 2.75) is 19.4 Å². The van der Waals surface area contributed by atoms with Gasteiger partial charge in [-0.25, -0.2) is 0 Å². The fraction of sp³-hybridized carbons (Fsp3) is 0.188. The first-order chi connectivity index (χ1) is 11.6. The molecular weight excluding hydrogens is 355 g/mol. The minimum Gasteiger partial charge on any atom is -0.325 e. The molecule has 0 aliphatic carbocycles. The monoisotopic (exact) mass is 371 g/mol. The van der Waals surface area contributed by atoms with E-state index < -0.39 is 21.5 Å². The highest BCUT2D eigenvalue weighted by Crippen LogP contribution is 2.25. The van der Waals surface area contributed by atoms with Crippen molar-refractivity contribution >= 4 is 27.4 Å². The summed E-state index contributed by atoms with van der Waals surface area (Å²) in [5.41, 5.74) is -2.82. The Balaban J connectivity index is 2.36. The van der Waals surface area contributed by atoms with Crippen molar-refractivity contribution in [1.82, 2.24) is 0 Å². The summed E-state index contributed by atoms with van der Waals surface area (Å²) in [7, 11) is -5.69. The number of hydrogen-bond donors (Lipinski definition) is 2. The van der Waals surface area contributed by atoms with E-state index in [1.807, 2.05) is 13.8 Å². The molecule has 2 N–H and O–H groups in total. The maximum Gasteiger partial charge on any atom is 0.518 e. The second-order valence-corrected chi connectivity index (χ2v) is 6.94. The third kappa shape index (κ3) is 5.21. The zero-order valence-electron chi connectivity index (χ0n) is 13.4. The van der Waals surface area contributed by atoms with E-state index in [9.17, 15) is 21.6 Å². The Morgan fingerprint density at radius 2 is 1.20 bits per heavy atom. The summed E-state index contributed by atoms with van der Waals surface area (Å²) in [5.74, 6) is -0.551. The molecule has 0 radical (unpaired) electrons. The predicted molar refractivity (Wildman–Crippen MR) is 92.0 cm³/mol. The van der Waals surface area contributed by atoms with E-state index >= 15 is 0 Å². The van der Waals surface area contributed by atoms with Crippen molar-refractivity contribution < 1.29 is 21.6 Å². The van der Waals surface area contributed by atoms with Crippen LogP contribution in [0.1, 0.15) is 11.1 Å². The first-order valence-corrected chi connectivity index (χ1v) is 8.59. The van der Waals surface area contributed by atoms with Gasteiger partial charge in [0.15, 0.2) is 0 Å². The van der Waals surface area contributed by atoms with E-state index in [-0.39, 0.29) is 0 Å². The smallest absolute Gasteiger partial charge is 0.325 e. The van der Waals surface area contributed by atoms with Crippen LogP contribution in [-0.4, -0.2) is 19.9 Å². The van der Waals surface area contributed by atoms with Gasteiger partial charge in [-0.15, -0.1) is 4.40 Å². The SMILES string of the molecule is Cc1ccc(NC(=NS(=O)(=O)C(F)(F)F)Nc2ccc(C)cc2)cc1. The van der Waals surface area contributed by atoms with Crippen LogP contribution in [0.5, 0.6) is 0 Å². The highest BCUT2D eigenvalue weighted by atomic mass is 32.2. The van der Waals surface area contributed by atoms with Gasteiger partial charge in [0.25, 0.3) is 0 Å². The molecule has 9 heteroatoms. The lowest BCUT2D eigenvalue weighted by Crippen LogP contribution is -2.28. The summed E-state index contributed by atoms with van der Waals surface area (Å²) in [5, 5.41) is 5.11. The summed E-state index contributed by atoms with van der Waals surface area (Å²) in [4.78, 5) is 0. The number of alkyl halides is 3. The van der Waals surface area contributed by atoms with Crippen molar-refractivity contribution in [3.05, 3.63) is 59.7 Å². The molecule has 2 aromatic rings. The number of nitrogens with one attached hydrogen (secondary N) is 2. The Labute approximate surface area is 143 Å². The van der Waals surface area contributed by atoms with Crippen molar-refractivity contribution in [2.75, 3.05) is 10.6 Å². The van der Waals surface area contributed by atoms with E-state index in [1.54, 1.807) is 48.5 Å². The van der Waals surface area contributed by atoms with Crippen LogP contribution >= 0.6 is 0 Å². The molecule has 5 nitrogen and oxygen atoms in total. The first-order valence-electron chi connectivity index (χ1n) is 7.15. The Morgan fingerprint density at radius 3 is 1.52 bits per heavy atom. The minimum absolute atomic E-state index is 0.390. The van der Waals surface area contributed by atoms with Gasteiger partial charge >= 0.3 is 15.5 Å². The molecule has 0 spiro atoms. The fourth-order valence-electron chi connectivity index (χ4n) is 1.80. The Kier molecular flexibility index (Phi) is 5.36. The number of anilines is 2. The van der Waals surface area contributed by atoms with Crippen molar-refractivity contribution in [2.24, 2.45) is 4.40 Å². The number of aryl methyl sites for hydroxylation is 2. The molecule has 0 unspecified atom stereocenters. The second-order valence-electron chi connectivity index (χ2n) is 5.34. The first kappa shape index (κ1) is 18.8. The third-order valence-electron chi connectivity index (χ3n) is 3.13. The van der Waals surface area contributed by atoms with E-state index in [4.69, 9.17) is 0 Å². The summed E-state index contributed by atoms with van der Waals surface area (Å²) >= 11 is 0. The summed E-state index contributed by atoms with van der Waals surface area (Å²) in [6, 6.07) is 13.3. The van der Waals surface area contributed by atoms with Gasteiger partial charge in [-0.1, -0.05) is 35.4 Å². The van der Waals surface area contributed by atoms with E-state index in [0.29, 0.717) is 11.4 Å². The van der Waals surface area contributed by atoms with Gasteiger partial charge in [-0.3, -0.25) is 0 Å². The van der Waals surface area contributed by atoms with Crippen molar-refractivity contribution in [1.29, 1.82) is 0 Å². The maximum absolute atomic E-state index is 12.6. The van der Waals surface area contributed by atoms with Gasteiger partial charge in [0, 0.05) is 11.4 Å². The van der Waals surface area contributed by atoms with Gasteiger partial charge < -0.3 is 10.6 Å². The molecule has 0 heterocycles. The molecule has 0 amide bonds. The molecular formula is C16H16F3N3O2S. The van der Waals surface area contributed by atoms with Crippen LogP contribution in [0.2, 0.25) is 0 Å². The molecule has 2 rings (SSSR count). The van der Waals surface area contributed by atoms with Gasteiger partial charge in [0.05, 0.1) is 0 Å². The number of halogens is 3. The minimum atomic E-state index is -5.69. The lowest BCUT2D eigenvalue weighted by molar-refractivity contribution is -0.0435. The Morgan fingerprint density at radius 1 is 0.840 bits per heavy atom. The zero-order valence-corrected chi connectivity index (χ0v) is 14.2. The summed E-state index contributed by atoms with van der Waals surface area (Å²) < 4.78 is 63.5. The fourth-order valence-corrected chi connectivity index (χ4v) is 2.23. The normalized spacial score (nSPS) is 11.7. The standard InChI is InChI=1S/C16H16F3N3O2S/c1-11-3-7-13(8-4-11)20-15(22-25(23,24)16(17,18)19)21-14-9-5-12(2)6-10-14/h3-10H,1-2H3,(H2,20,21,22). The topological polar surface area (TPSA) is 70.6 Å². The lowest BCUT2D eigenvalue weighted by atomic mass is 10.2. The summed E-state index contributed by atoms with van der Waals surface area (Å²) in [6.45, 7) is 3.69. The molecule has 25 heavy (non-hydrogen) atoms. The highest BCUT2D eigenvalue weighted by molar-refractivity contribution is 7.91. The molecule has 0 aliphatic heterocycles. The van der Waals surface area contributed by atoms with Crippen LogP contribution in [0.25, 0.3) is 0 Å². The number of hydrogen-bond acceptors (Lipinski definition) is 2. The molecule has 0 atom stereocenters. The van der Waals surface area contributed by atoms with Crippen LogP contribution < -0.4 is 10.6 Å². The predicted octanol–water partition coefficient (Wildman–Crippen LogP) is 4.03. The molecule has 2 aromatic carbocycles. The van der Waals surface area contributed by atoms with Crippen LogP contribution in [0, 0.1) is 13.8 Å². The molecule has 0 fully saturated rings. The largest absolute Gasteiger partial charge is 0.518 e. The molecule has 0 saturated carbocycles. The van der Waals surface area contributed by atoms with Gasteiger partial charge in [0.2, 0.25) is 5.96 Å². The Bertz CT molecular complexity index is 809. The number of benzene rings is 2. The van der Waals surface area contributed by atoms with E-state index in [0.717, 1.165) is 11.1 Å². The zero-order chi connectivity index (χ0) is 18.7.